The van der Waals surface area contributed by atoms with Crippen LogP contribution in [0.5, 0.6) is 0 Å². The molecule has 0 unspecified atom stereocenters. The molecule has 0 aliphatic heterocycles. The molecule has 122 valence electrons. The number of rotatable bonds is 6. The van der Waals surface area contributed by atoms with E-state index in [1.807, 2.05) is 26.0 Å². The Kier molecular flexibility index (Phi) is 5.94. The van der Waals surface area contributed by atoms with Gasteiger partial charge in [0.1, 0.15) is 0 Å². The van der Waals surface area contributed by atoms with Crippen molar-refractivity contribution in [2.75, 3.05) is 0 Å². The molecule has 2 aromatic carbocycles. The molecule has 3 heteroatoms. The standard InChI is InChI=1S/C20H24O3/c1-14(2)23-20(21)18-9-6-17(7-10-18)12-22-13-19-8-5-15(3)11-16(19)4/h5-11,14H,12-13H2,1-4H3. The first-order valence-electron chi connectivity index (χ1n) is 7.89. The normalized spacial score (nSPS) is 10.8. The molecule has 0 N–H and O–H groups in total. The maximum Gasteiger partial charge on any atom is 0.338 e. The van der Waals surface area contributed by atoms with Crippen molar-refractivity contribution in [1.82, 2.24) is 0 Å². The second-order valence-corrected chi connectivity index (χ2v) is 6.07. The minimum absolute atomic E-state index is 0.108. The first-order valence-corrected chi connectivity index (χ1v) is 7.89. The summed E-state index contributed by atoms with van der Waals surface area (Å²) in [5.74, 6) is -0.289. The SMILES string of the molecule is Cc1ccc(COCc2ccc(C(=O)OC(C)C)cc2)c(C)c1. The number of carbonyl (C=O) groups is 1. The van der Waals surface area contributed by atoms with E-state index in [1.54, 1.807) is 12.1 Å². The van der Waals surface area contributed by atoms with Gasteiger partial charge in [-0.2, -0.15) is 0 Å². The highest BCUT2D eigenvalue weighted by Crippen LogP contribution is 2.13. The zero-order valence-corrected chi connectivity index (χ0v) is 14.3. The second-order valence-electron chi connectivity index (χ2n) is 6.07. The van der Waals surface area contributed by atoms with Crippen LogP contribution in [0.1, 0.15) is 46.5 Å². The number of esters is 1. The van der Waals surface area contributed by atoms with Gasteiger partial charge in [-0.15, -0.1) is 0 Å². The van der Waals surface area contributed by atoms with Crippen molar-refractivity contribution in [3.8, 4) is 0 Å². The van der Waals surface area contributed by atoms with Gasteiger partial charge in [-0.05, 0) is 56.5 Å². The van der Waals surface area contributed by atoms with Gasteiger partial charge in [0.05, 0.1) is 24.9 Å². The Bertz CT molecular complexity index is 657. The molecule has 0 fully saturated rings. The van der Waals surface area contributed by atoms with Gasteiger partial charge in [0, 0.05) is 0 Å². The van der Waals surface area contributed by atoms with E-state index in [-0.39, 0.29) is 12.1 Å². The fourth-order valence-corrected chi connectivity index (χ4v) is 2.31. The van der Waals surface area contributed by atoms with Gasteiger partial charge in [-0.1, -0.05) is 35.9 Å². The highest BCUT2D eigenvalue weighted by Gasteiger charge is 2.08. The van der Waals surface area contributed by atoms with Gasteiger partial charge in [0.2, 0.25) is 0 Å². The van der Waals surface area contributed by atoms with Crippen LogP contribution in [0.3, 0.4) is 0 Å². The van der Waals surface area contributed by atoms with Crippen LogP contribution in [0.2, 0.25) is 0 Å². The van der Waals surface area contributed by atoms with E-state index in [0.29, 0.717) is 18.8 Å². The van der Waals surface area contributed by atoms with Crippen LogP contribution >= 0.6 is 0 Å². The lowest BCUT2D eigenvalue weighted by Gasteiger charge is -2.10. The molecule has 0 aliphatic rings. The van der Waals surface area contributed by atoms with Gasteiger partial charge >= 0.3 is 5.97 Å². The molecule has 0 atom stereocenters. The molecule has 3 nitrogen and oxygen atoms in total. The van der Waals surface area contributed by atoms with E-state index in [4.69, 9.17) is 9.47 Å². The van der Waals surface area contributed by atoms with Gasteiger partial charge in [0.15, 0.2) is 0 Å². The van der Waals surface area contributed by atoms with Crippen molar-refractivity contribution in [3.05, 3.63) is 70.3 Å². The number of ether oxygens (including phenoxy) is 2. The Labute approximate surface area is 138 Å². The van der Waals surface area contributed by atoms with Crippen LogP contribution in [0.15, 0.2) is 42.5 Å². The average molecular weight is 312 g/mol. The lowest BCUT2D eigenvalue weighted by Crippen LogP contribution is -2.11. The Balaban J connectivity index is 1.88. The first-order chi connectivity index (χ1) is 11.0. The molecule has 0 saturated heterocycles. The fraction of sp³-hybridized carbons (Fsp3) is 0.350. The van der Waals surface area contributed by atoms with Crippen molar-refractivity contribution >= 4 is 5.97 Å². The van der Waals surface area contributed by atoms with Gasteiger partial charge in [0.25, 0.3) is 0 Å². The highest BCUT2D eigenvalue weighted by atomic mass is 16.5. The van der Waals surface area contributed by atoms with Crippen molar-refractivity contribution in [1.29, 1.82) is 0 Å². The van der Waals surface area contributed by atoms with Crippen molar-refractivity contribution in [2.45, 2.75) is 47.0 Å². The van der Waals surface area contributed by atoms with E-state index in [2.05, 4.69) is 32.0 Å². The van der Waals surface area contributed by atoms with E-state index >= 15 is 0 Å². The van der Waals surface area contributed by atoms with Crippen molar-refractivity contribution in [2.24, 2.45) is 0 Å². The third kappa shape index (κ3) is 5.22. The molecule has 0 heterocycles. The maximum absolute atomic E-state index is 11.8. The molecule has 2 aromatic rings. The molecule has 0 bridgehead atoms. The van der Waals surface area contributed by atoms with Gasteiger partial charge in [-0.25, -0.2) is 4.79 Å². The summed E-state index contributed by atoms with van der Waals surface area (Å²) in [6, 6.07) is 13.7. The molecular weight excluding hydrogens is 288 g/mol. The second kappa shape index (κ2) is 7.93. The smallest absolute Gasteiger partial charge is 0.338 e. The zero-order valence-electron chi connectivity index (χ0n) is 14.3. The third-order valence-electron chi connectivity index (χ3n) is 3.56. The fourth-order valence-electron chi connectivity index (χ4n) is 2.31. The number of aryl methyl sites for hydroxylation is 2. The Morgan fingerprint density at radius 1 is 1.00 bits per heavy atom. The summed E-state index contributed by atoms with van der Waals surface area (Å²) in [5, 5.41) is 0. The van der Waals surface area contributed by atoms with Crippen LogP contribution in [-0.4, -0.2) is 12.1 Å². The van der Waals surface area contributed by atoms with E-state index in [9.17, 15) is 4.79 Å². The van der Waals surface area contributed by atoms with E-state index in [0.717, 1.165) is 5.56 Å². The summed E-state index contributed by atoms with van der Waals surface area (Å²) >= 11 is 0. The molecule has 0 aliphatic carbocycles. The molecule has 23 heavy (non-hydrogen) atoms. The van der Waals surface area contributed by atoms with Gasteiger partial charge in [-0.3, -0.25) is 0 Å². The summed E-state index contributed by atoms with van der Waals surface area (Å²) in [6.45, 7) is 8.97. The summed E-state index contributed by atoms with van der Waals surface area (Å²) in [6.07, 6.45) is -0.108. The third-order valence-corrected chi connectivity index (χ3v) is 3.56. The molecular formula is C20H24O3. The zero-order chi connectivity index (χ0) is 16.8. The topological polar surface area (TPSA) is 35.5 Å². The summed E-state index contributed by atoms with van der Waals surface area (Å²) < 4.78 is 10.9. The van der Waals surface area contributed by atoms with Crippen LogP contribution in [0.25, 0.3) is 0 Å². The number of hydrogen-bond acceptors (Lipinski definition) is 3. The molecule has 0 saturated carbocycles. The number of benzene rings is 2. The lowest BCUT2D eigenvalue weighted by atomic mass is 10.1. The van der Waals surface area contributed by atoms with Crippen molar-refractivity contribution < 1.29 is 14.3 Å². The molecule has 0 radical (unpaired) electrons. The van der Waals surface area contributed by atoms with Crippen LogP contribution in [0, 0.1) is 13.8 Å². The van der Waals surface area contributed by atoms with Crippen LogP contribution in [0.4, 0.5) is 0 Å². The number of hydrogen-bond donors (Lipinski definition) is 0. The van der Waals surface area contributed by atoms with Crippen LogP contribution < -0.4 is 0 Å². The van der Waals surface area contributed by atoms with Gasteiger partial charge < -0.3 is 9.47 Å². The monoisotopic (exact) mass is 312 g/mol. The average Bonchev–Trinajstić information content (AvgIpc) is 2.49. The predicted molar refractivity (Wildman–Crippen MR) is 91.4 cm³/mol. The molecule has 0 aromatic heterocycles. The van der Waals surface area contributed by atoms with Crippen LogP contribution in [-0.2, 0) is 22.7 Å². The minimum atomic E-state index is -0.289. The first kappa shape index (κ1) is 17.2. The molecule has 2 rings (SSSR count). The largest absolute Gasteiger partial charge is 0.459 e. The highest BCUT2D eigenvalue weighted by molar-refractivity contribution is 5.89. The summed E-state index contributed by atoms with van der Waals surface area (Å²) in [7, 11) is 0. The summed E-state index contributed by atoms with van der Waals surface area (Å²) in [5.41, 5.74) is 5.31. The summed E-state index contributed by atoms with van der Waals surface area (Å²) in [4.78, 5) is 11.8. The lowest BCUT2D eigenvalue weighted by molar-refractivity contribution is 0.0377. The maximum atomic E-state index is 11.8. The van der Waals surface area contributed by atoms with E-state index in [1.165, 1.54) is 16.7 Å². The minimum Gasteiger partial charge on any atom is -0.459 e. The molecule has 0 spiro atoms. The Morgan fingerprint density at radius 2 is 1.70 bits per heavy atom. The number of carbonyl (C=O) groups excluding carboxylic acids is 1. The Hall–Kier alpha value is -2.13. The molecule has 0 amide bonds. The van der Waals surface area contributed by atoms with Crippen molar-refractivity contribution in [3.63, 3.8) is 0 Å². The Morgan fingerprint density at radius 3 is 2.30 bits per heavy atom. The predicted octanol–water partition coefficient (Wildman–Crippen LogP) is 4.59. The van der Waals surface area contributed by atoms with E-state index < -0.39 is 0 Å². The quantitative estimate of drug-likeness (QED) is 0.732.